The van der Waals surface area contributed by atoms with Crippen LogP contribution in [0.4, 0.5) is 0 Å². The summed E-state index contributed by atoms with van der Waals surface area (Å²) in [5.41, 5.74) is 2.11. The van der Waals surface area contributed by atoms with E-state index in [1.54, 1.807) is 0 Å². The van der Waals surface area contributed by atoms with E-state index in [0.717, 1.165) is 47.9 Å². The quantitative estimate of drug-likeness (QED) is 0.776. The highest BCUT2D eigenvalue weighted by Gasteiger charge is 2.07. The minimum atomic E-state index is 0.731. The van der Waals surface area contributed by atoms with E-state index in [-0.39, 0.29) is 0 Å². The third-order valence-electron chi connectivity index (χ3n) is 2.64. The van der Waals surface area contributed by atoms with Crippen molar-refractivity contribution in [3.63, 3.8) is 0 Å². The van der Waals surface area contributed by atoms with Gasteiger partial charge in [-0.25, -0.2) is 0 Å². The fourth-order valence-electron chi connectivity index (χ4n) is 1.79. The van der Waals surface area contributed by atoms with Crippen molar-refractivity contribution in [1.82, 2.24) is 10.3 Å². The van der Waals surface area contributed by atoms with Gasteiger partial charge in [0.2, 0.25) is 0 Å². The van der Waals surface area contributed by atoms with Crippen molar-refractivity contribution in [3.05, 3.63) is 35.0 Å². The first kappa shape index (κ1) is 12.4. The lowest BCUT2D eigenvalue weighted by Crippen LogP contribution is -2.19. The average molecular weight is 253 g/mol. The SMILES string of the molecule is CCOCCNCc1[nH]c2ccccc2c1Cl. The highest BCUT2D eigenvalue weighted by atomic mass is 35.5. The van der Waals surface area contributed by atoms with E-state index in [2.05, 4.69) is 10.3 Å². The lowest BCUT2D eigenvalue weighted by Gasteiger charge is -2.03. The summed E-state index contributed by atoms with van der Waals surface area (Å²) < 4.78 is 5.25. The van der Waals surface area contributed by atoms with Crippen LogP contribution < -0.4 is 5.32 Å². The maximum Gasteiger partial charge on any atom is 0.0705 e. The molecule has 4 heteroatoms. The Morgan fingerprint density at radius 1 is 1.35 bits per heavy atom. The van der Waals surface area contributed by atoms with Crippen molar-refractivity contribution in [3.8, 4) is 0 Å². The van der Waals surface area contributed by atoms with E-state index in [4.69, 9.17) is 16.3 Å². The van der Waals surface area contributed by atoms with Gasteiger partial charge in [-0.05, 0) is 13.0 Å². The Labute approximate surface area is 106 Å². The third-order valence-corrected chi connectivity index (χ3v) is 3.07. The zero-order valence-electron chi connectivity index (χ0n) is 9.92. The van der Waals surface area contributed by atoms with E-state index in [1.807, 2.05) is 31.2 Å². The molecule has 0 atom stereocenters. The number of benzene rings is 1. The standard InChI is InChI=1S/C13H17ClN2O/c1-2-17-8-7-15-9-12-13(14)10-5-3-4-6-11(10)16-12/h3-6,15-16H,2,7-9H2,1H3. The summed E-state index contributed by atoms with van der Waals surface area (Å²) in [6.45, 7) is 5.05. The molecule has 1 aromatic carbocycles. The fourth-order valence-corrected chi connectivity index (χ4v) is 2.07. The highest BCUT2D eigenvalue weighted by Crippen LogP contribution is 2.26. The van der Waals surface area contributed by atoms with Crippen LogP contribution >= 0.6 is 11.6 Å². The number of aromatic nitrogens is 1. The summed E-state index contributed by atoms with van der Waals surface area (Å²) in [5.74, 6) is 0. The third kappa shape index (κ3) is 3.00. The largest absolute Gasteiger partial charge is 0.380 e. The van der Waals surface area contributed by atoms with E-state index >= 15 is 0 Å². The van der Waals surface area contributed by atoms with Gasteiger partial charge >= 0.3 is 0 Å². The van der Waals surface area contributed by atoms with Crippen LogP contribution in [0.3, 0.4) is 0 Å². The van der Waals surface area contributed by atoms with Crippen molar-refractivity contribution < 1.29 is 4.74 Å². The number of fused-ring (bicyclic) bond motifs is 1. The van der Waals surface area contributed by atoms with Gasteiger partial charge in [-0.2, -0.15) is 0 Å². The fraction of sp³-hybridized carbons (Fsp3) is 0.385. The molecule has 0 spiro atoms. The maximum atomic E-state index is 6.29. The van der Waals surface area contributed by atoms with Gasteiger partial charge in [0.25, 0.3) is 0 Å². The van der Waals surface area contributed by atoms with Gasteiger partial charge in [0, 0.05) is 36.3 Å². The summed E-state index contributed by atoms with van der Waals surface area (Å²) in [6, 6.07) is 8.05. The molecule has 0 amide bonds. The molecule has 0 saturated heterocycles. The highest BCUT2D eigenvalue weighted by molar-refractivity contribution is 6.36. The van der Waals surface area contributed by atoms with Crippen LogP contribution in [-0.4, -0.2) is 24.7 Å². The molecular weight excluding hydrogens is 236 g/mol. The number of nitrogens with one attached hydrogen (secondary N) is 2. The number of H-pyrrole nitrogens is 1. The molecule has 0 fully saturated rings. The summed E-state index contributed by atoms with van der Waals surface area (Å²) in [4.78, 5) is 3.32. The molecule has 92 valence electrons. The van der Waals surface area contributed by atoms with Gasteiger partial charge in [-0.1, -0.05) is 29.8 Å². The number of ether oxygens (including phenoxy) is 1. The van der Waals surface area contributed by atoms with Crippen LogP contribution in [0.15, 0.2) is 24.3 Å². The molecule has 2 rings (SSSR count). The summed E-state index contributed by atoms with van der Waals surface area (Å²) in [7, 11) is 0. The monoisotopic (exact) mass is 252 g/mol. The van der Waals surface area contributed by atoms with Gasteiger partial charge in [-0.15, -0.1) is 0 Å². The minimum absolute atomic E-state index is 0.731. The number of rotatable bonds is 6. The molecule has 1 heterocycles. The van der Waals surface area contributed by atoms with Crippen LogP contribution in [0.5, 0.6) is 0 Å². The minimum Gasteiger partial charge on any atom is -0.380 e. The smallest absolute Gasteiger partial charge is 0.0705 e. The molecule has 0 aliphatic heterocycles. The lowest BCUT2D eigenvalue weighted by atomic mass is 10.2. The molecule has 3 nitrogen and oxygen atoms in total. The number of hydrogen-bond donors (Lipinski definition) is 2. The van der Waals surface area contributed by atoms with Crippen LogP contribution in [0, 0.1) is 0 Å². The topological polar surface area (TPSA) is 37.0 Å². The normalized spacial score (nSPS) is 11.2. The van der Waals surface area contributed by atoms with Crippen LogP contribution in [0.1, 0.15) is 12.6 Å². The molecule has 0 bridgehead atoms. The molecule has 0 unspecified atom stereocenters. The average Bonchev–Trinajstić information content (AvgIpc) is 2.67. The summed E-state index contributed by atoms with van der Waals surface area (Å²) in [6.07, 6.45) is 0. The summed E-state index contributed by atoms with van der Waals surface area (Å²) >= 11 is 6.29. The van der Waals surface area contributed by atoms with Gasteiger partial charge in [0.15, 0.2) is 0 Å². The Hall–Kier alpha value is -1.03. The van der Waals surface area contributed by atoms with Gasteiger partial charge in [0.05, 0.1) is 11.6 Å². The second kappa shape index (κ2) is 6.05. The van der Waals surface area contributed by atoms with Crippen LogP contribution in [0.25, 0.3) is 10.9 Å². The van der Waals surface area contributed by atoms with E-state index < -0.39 is 0 Å². The molecule has 2 N–H and O–H groups in total. The van der Waals surface area contributed by atoms with Crippen molar-refractivity contribution in [2.75, 3.05) is 19.8 Å². The summed E-state index contributed by atoms with van der Waals surface area (Å²) in [5, 5.41) is 5.19. The van der Waals surface area contributed by atoms with Crippen molar-refractivity contribution in [2.45, 2.75) is 13.5 Å². The predicted molar refractivity (Wildman–Crippen MR) is 71.5 cm³/mol. The molecule has 0 aliphatic carbocycles. The molecule has 17 heavy (non-hydrogen) atoms. The Balaban J connectivity index is 1.97. The lowest BCUT2D eigenvalue weighted by molar-refractivity contribution is 0.149. The van der Waals surface area contributed by atoms with E-state index in [0.29, 0.717) is 0 Å². The Bertz CT molecular complexity index is 481. The Morgan fingerprint density at radius 2 is 2.18 bits per heavy atom. The second-order valence-electron chi connectivity index (χ2n) is 3.84. The molecule has 0 saturated carbocycles. The van der Waals surface area contributed by atoms with Gasteiger partial charge in [-0.3, -0.25) is 0 Å². The van der Waals surface area contributed by atoms with Crippen LogP contribution in [-0.2, 0) is 11.3 Å². The van der Waals surface area contributed by atoms with Crippen molar-refractivity contribution in [2.24, 2.45) is 0 Å². The number of hydrogen-bond acceptors (Lipinski definition) is 2. The van der Waals surface area contributed by atoms with E-state index in [9.17, 15) is 0 Å². The zero-order valence-corrected chi connectivity index (χ0v) is 10.7. The number of para-hydroxylation sites is 1. The molecule has 1 aromatic heterocycles. The molecule has 2 aromatic rings. The maximum absolute atomic E-state index is 6.29. The number of aromatic amines is 1. The first-order valence-electron chi connectivity index (χ1n) is 5.86. The first-order chi connectivity index (χ1) is 8.33. The van der Waals surface area contributed by atoms with Crippen molar-refractivity contribution in [1.29, 1.82) is 0 Å². The number of halogens is 1. The van der Waals surface area contributed by atoms with E-state index in [1.165, 1.54) is 0 Å². The van der Waals surface area contributed by atoms with Gasteiger partial charge in [0.1, 0.15) is 0 Å². The predicted octanol–water partition coefficient (Wildman–Crippen LogP) is 2.95. The molecule has 0 aliphatic rings. The second-order valence-corrected chi connectivity index (χ2v) is 4.21. The molecule has 0 radical (unpaired) electrons. The zero-order chi connectivity index (χ0) is 12.1. The van der Waals surface area contributed by atoms with Crippen molar-refractivity contribution >= 4 is 22.5 Å². The Morgan fingerprint density at radius 3 is 2.94 bits per heavy atom. The Kier molecular flexibility index (Phi) is 4.42. The van der Waals surface area contributed by atoms with Gasteiger partial charge < -0.3 is 15.0 Å². The van der Waals surface area contributed by atoms with Crippen LogP contribution in [0.2, 0.25) is 5.02 Å². The first-order valence-corrected chi connectivity index (χ1v) is 6.24. The molecular formula is C13H17ClN2O.